The first-order valence-corrected chi connectivity index (χ1v) is 3.72. The van der Waals surface area contributed by atoms with E-state index in [9.17, 15) is 18.0 Å². The molecule has 0 heterocycles. The molecule has 0 aromatic rings. The summed E-state index contributed by atoms with van der Waals surface area (Å²) in [5.41, 5.74) is 0. The maximum Gasteiger partial charge on any atom is 0.394 e. The van der Waals surface area contributed by atoms with Crippen molar-refractivity contribution in [2.24, 2.45) is 5.92 Å². The van der Waals surface area contributed by atoms with E-state index < -0.39 is 24.2 Å². The number of hydrogen-bond acceptors (Lipinski definition) is 3. The second kappa shape index (κ2) is 4.45. The Morgan fingerprint density at radius 3 is 2.31 bits per heavy atom. The quantitative estimate of drug-likeness (QED) is 0.694. The molecular formula is C7H11F3O3. The summed E-state index contributed by atoms with van der Waals surface area (Å²) in [6, 6.07) is 0. The molecule has 0 aromatic heterocycles. The fourth-order valence-corrected chi connectivity index (χ4v) is 0.611. The van der Waals surface area contributed by atoms with E-state index in [0.29, 0.717) is 0 Å². The third-order valence-corrected chi connectivity index (χ3v) is 1.52. The van der Waals surface area contributed by atoms with Crippen LogP contribution in [0.25, 0.3) is 0 Å². The Morgan fingerprint density at radius 1 is 1.54 bits per heavy atom. The average molecular weight is 200 g/mol. The van der Waals surface area contributed by atoms with Gasteiger partial charge in [-0.2, -0.15) is 13.2 Å². The molecule has 0 fully saturated rings. The molecule has 0 saturated heterocycles. The van der Waals surface area contributed by atoms with Gasteiger partial charge in [-0.1, -0.05) is 6.92 Å². The summed E-state index contributed by atoms with van der Waals surface area (Å²) in [6.45, 7) is 2.12. The normalized spacial score (nSPS) is 16.5. The van der Waals surface area contributed by atoms with Crippen LogP contribution >= 0.6 is 0 Å². The predicted molar refractivity (Wildman–Crippen MR) is 37.9 cm³/mol. The maximum atomic E-state index is 11.9. The number of alkyl halides is 3. The van der Waals surface area contributed by atoms with Gasteiger partial charge in [-0.05, 0) is 6.92 Å². The van der Waals surface area contributed by atoms with E-state index in [-0.39, 0.29) is 6.61 Å². The zero-order chi connectivity index (χ0) is 10.6. The Labute approximate surface area is 73.5 Å². The van der Waals surface area contributed by atoms with Crippen LogP contribution in [-0.2, 0) is 9.53 Å². The smallest absolute Gasteiger partial charge is 0.394 e. The molecule has 0 amide bonds. The Kier molecular flexibility index (Phi) is 4.19. The first-order chi connectivity index (χ1) is 5.80. The molecule has 2 atom stereocenters. The molecule has 0 aliphatic rings. The number of carbonyl (C=O) groups is 1. The lowest BCUT2D eigenvalue weighted by Crippen LogP contribution is -2.38. The summed E-state index contributed by atoms with van der Waals surface area (Å²) in [6.07, 6.45) is -6.73. The largest absolute Gasteiger partial charge is 0.464 e. The van der Waals surface area contributed by atoms with Crippen LogP contribution in [0.4, 0.5) is 13.2 Å². The number of rotatable bonds is 3. The minimum Gasteiger partial charge on any atom is -0.464 e. The minimum atomic E-state index is -4.59. The highest BCUT2D eigenvalue weighted by atomic mass is 19.4. The second-order valence-electron chi connectivity index (χ2n) is 2.53. The van der Waals surface area contributed by atoms with E-state index in [2.05, 4.69) is 4.74 Å². The van der Waals surface area contributed by atoms with E-state index in [4.69, 9.17) is 5.11 Å². The van der Waals surface area contributed by atoms with Gasteiger partial charge in [0.2, 0.25) is 0 Å². The zero-order valence-corrected chi connectivity index (χ0v) is 7.26. The lowest BCUT2D eigenvalue weighted by molar-refractivity contribution is -0.204. The second-order valence-corrected chi connectivity index (χ2v) is 2.53. The monoisotopic (exact) mass is 200 g/mol. The number of esters is 1. The standard InChI is InChI=1S/C7H11F3O3/c1-3-13-6(12)5(11)4(2)7(8,9)10/h4-5,11H,3H2,1-2H3/t4-,5-/m0/s1. The molecule has 3 nitrogen and oxygen atoms in total. The van der Waals surface area contributed by atoms with Gasteiger partial charge < -0.3 is 9.84 Å². The van der Waals surface area contributed by atoms with Crippen LogP contribution in [0.1, 0.15) is 13.8 Å². The highest BCUT2D eigenvalue weighted by Crippen LogP contribution is 2.28. The fraction of sp³-hybridized carbons (Fsp3) is 0.857. The van der Waals surface area contributed by atoms with Crippen molar-refractivity contribution >= 4 is 5.97 Å². The summed E-state index contributed by atoms with van der Waals surface area (Å²) in [7, 11) is 0. The molecule has 0 aliphatic heterocycles. The molecule has 0 saturated carbocycles. The van der Waals surface area contributed by atoms with Gasteiger partial charge in [0.1, 0.15) is 0 Å². The van der Waals surface area contributed by atoms with Crippen molar-refractivity contribution in [3.8, 4) is 0 Å². The fourth-order valence-electron chi connectivity index (χ4n) is 0.611. The molecule has 6 heteroatoms. The zero-order valence-electron chi connectivity index (χ0n) is 7.26. The van der Waals surface area contributed by atoms with Gasteiger partial charge in [-0.15, -0.1) is 0 Å². The molecule has 0 aromatic carbocycles. The molecule has 1 N–H and O–H groups in total. The number of aliphatic hydroxyl groups is 1. The molecular weight excluding hydrogens is 189 g/mol. The Morgan fingerprint density at radius 2 is 2.00 bits per heavy atom. The van der Waals surface area contributed by atoms with Crippen molar-refractivity contribution < 1.29 is 27.8 Å². The number of halogens is 3. The molecule has 0 rings (SSSR count). The highest BCUT2D eigenvalue weighted by Gasteiger charge is 2.44. The number of hydrogen-bond donors (Lipinski definition) is 1. The van der Waals surface area contributed by atoms with Crippen LogP contribution in [-0.4, -0.2) is 30.0 Å². The topological polar surface area (TPSA) is 46.5 Å². The van der Waals surface area contributed by atoms with Crippen molar-refractivity contribution in [3.05, 3.63) is 0 Å². The van der Waals surface area contributed by atoms with Crippen LogP contribution < -0.4 is 0 Å². The van der Waals surface area contributed by atoms with Gasteiger partial charge in [-0.25, -0.2) is 4.79 Å². The molecule has 78 valence electrons. The average Bonchev–Trinajstić information content (AvgIpc) is 2.00. The third-order valence-electron chi connectivity index (χ3n) is 1.52. The summed E-state index contributed by atoms with van der Waals surface area (Å²) in [5, 5.41) is 8.86. The van der Waals surface area contributed by atoms with Crippen LogP contribution in [0.5, 0.6) is 0 Å². The summed E-state index contributed by atoms with van der Waals surface area (Å²) in [4.78, 5) is 10.7. The minimum absolute atomic E-state index is 0.0551. The maximum absolute atomic E-state index is 11.9. The van der Waals surface area contributed by atoms with Gasteiger partial charge in [0.15, 0.2) is 6.10 Å². The summed E-state index contributed by atoms with van der Waals surface area (Å²) >= 11 is 0. The van der Waals surface area contributed by atoms with Gasteiger partial charge >= 0.3 is 12.1 Å². The lowest BCUT2D eigenvalue weighted by Gasteiger charge is -2.19. The Hall–Kier alpha value is -0.780. The lowest BCUT2D eigenvalue weighted by atomic mass is 10.1. The summed E-state index contributed by atoms with van der Waals surface area (Å²) < 4.78 is 40.0. The van der Waals surface area contributed by atoms with Crippen LogP contribution in [0.15, 0.2) is 0 Å². The van der Waals surface area contributed by atoms with E-state index in [1.807, 2.05) is 0 Å². The first-order valence-electron chi connectivity index (χ1n) is 3.72. The highest BCUT2D eigenvalue weighted by molar-refractivity contribution is 5.74. The van der Waals surface area contributed by atoms with Crippen molar-refractivity contribution in [1.82, 2.24) is 0 Å². The molecule has 0 bridgehead atoms. The molecule has 0 radical (unpaired) electrons. The molecule has 13 heavy (non-hydrogen) atoms. The first kappa shape index (κ1) is 12.2. The van der Waals surface area contributed by atoms with Gasteiger partial charge in [-0.3, -0.25) is 0 Å². The van der Waals surface area contributed by atoms with E-state index >= 15 is 0 Å². The van der Waals surface area contributed by atoms with Gasteiger partial charge in [0.05, 0.1) is 12.5 Å². The van der Waals surface area contributed by atoms with Crippen molar-refractivity contribution in [2.45, 2.75) is 26.1 Å². The number of ether oxygens (including phenoxy) is 1. The number of aliphatic hydroxyl groups excluding tert-OH is 1. The third kappa shape index (κ3) is 3.63. The van der Waals surface area contributed by atoms with Crippen molar-refractivity contribution in [3.63, 3.8) is 0 Å². The number of carbonyl (C=O) groups excluding carboxylic acids is 1. The SMILES string of the molecule is CCOC(=O)[C@@H](O)[C@H](C)C(F)(F)F. The molecule has 0 aliphatic carbocycles. The van der Waals surface area contributed by atoms with E-state index in [1.165, 1.54) is 6.92 Å². The van der Waals surface area contributed by atoms with Crippen LogP contribution in [0.2, 0.25) is 0 Å². The Balaban J connectivity index is 4.25. The Bertz CT molecular complexity index is 178. The van der Waals surface area contributed by atoms with Gasteiger partial charge in [0, 0.05) is 0 Å². The van der Waals surface area contributed by atoms with E-state index in [1.54, 1.807) is 0 Å². The van der Waals surface area contributed by atoms with Crippen LogP contribution in [0.3, 0.4) is 0 Å². The summed E-state index contributed by atoms with van der Waals surface area (Å²) in [5.74, 6) is -3.35. The molecule has 0 unspecified atom stereocenters. The van der Waals surface area contributed by atoms with E-state index in [0.717, 1.165) is 6.92 Å². The predicted octanol–water partition coefficient (Wildman–Crippen LogP) is 1.11. The van der Waals surface area contributed by atoms with Crippen molar-refractivity contribution in [1.29, 1.82) is 0 Å². The molecule has 0 spiro atoms. The van der Waals surface area contributed by atoms with Crippen molar-refractivity contribution in [2.75, 3.05) is 6.61 Å². The van der Waals surface area contributed by atoms with Gasteiger partial charge in [0.25, 0.3) is 0 Å². The van der Waals surface area contributed by atoms with Crippen LogP contribution in [0, 0.1) is 5.92 Å².